The molecule has 0 saturated carbocycles. The zero-order valence-corrected chi connectivity index (χ0v) is 12.3. The Kier molecular flexibility index (Phi) is 3.24. The minimum absolute atomic E-state index is 0.166. The predicted octanol–water partition coefficient (Wildman–Crippen LogP) is 2.68. The van der Waals surface area contributed by atoms with Crippen LogP contribution in [0.5, 0.6) is 0 Å². The lowest BCUT2D eigenvalue weighted by molar-refractivity contribution is 0.864. The van der Waals surface area contributed by atoms with Gasteiger partial charge in [0.15, 0.2) is 0 Å². The molecule has 0 aliphatic heterocycles. The summed E-state index contributed by atoms with van der Waals surface area (Å²) in [5.74, 6) is 1.10. The van der Waals surface area contributed by atoms with Crippen molar-refractivity contribution in [2.45, 2.75) is 6.42 Å². The van der Waals surface area contributed by atoms with E-state index < -0.39 is 0 Å². The van der Waals surface area contributed by atoms with Gasteiger partial charge in [-0.05, 0) is 5.56 Å². The Morgan fingerprint density at radius 3 is 2.35 bits per heavy atom. The number of hydrogen-bond acceptors (Lipinski definition) is 3. The van der Waals surface area contributed by atoms with Crippen LogP contribution in [0.1, 0.15) is 11.4 Å². The third-order valence-electron chi connectivity index (χ3n) is 3.66. The second kappa shape index (κ2) is 5.53. The first kappa shape index (κ1) is 13.5. The van der Waals surface area contributed by atoms with Crippen LogP contribution in [-0.2, 0) is 6.42 Å². The molecule has 4 aromatic rings. The first-order valence-electron chi connectivity index (χ1n) is 7.38. The van der Waals surface area contributed by atoms with E-state index in [2.05, 4.69) is 15.1 Å². The van der Waals surface area contributed by atoms with Crippen molar-refractivity contribution < 1.29 is 0 Å². The van der Waals surface area contributed by atoms with Crippen molar-refractivity contribution in [1.29, 1.82) is 0 Å². The highest BCUT2D eigenvalue weighted by molar-refractivity contribution is 5.60. The molecule has 2 aromatic carbocycles. The quantitative estimate of drug-likeness (QED) is 0.633. The molecule has 2 aromatic heterocycles. The molecule has 112 valence electrons. The second-order valence-electron chi connectivity index (χ2n) is 5.31. The molecule has 0 atom stereocenters. The van der Waals surface area contributed by atoms with Gasteiger partial charge in [-0.15, -0.1) is 0 Å². The molecule has 0 saturated heterocycles. The maximum Gasteiger partial charge on any atom is 0.274 e. The second-order valence-corrected chi connectivity index (χ2v) is 5.31. The van der Waals surface area contributed by atoms with E-state index >= 15 is 0 Å². The molecule has 0 fully saturated rings. The summed E-state index contributed by atoms with van der Waals surface area (Å²) in [7, 11) is 0. The Morgan fingerprint density at radius 1 is 0.913 bits per heavy atom. The molecule has 5 heteroatoms. The fraction of sp³-hybridized carbons (Fsp3) is 0.0556. The SMILES string of the molecule is O=c1cc(-c2ccccc2)nc2nc(Cc3ccccc3)[nH]n12. The lowest BCUT2D eigenvalue weighted by atomic mass is 10.1. The maximum absolute atomic E-state index is 12.3. The summed E-state index contributed by atoms with van der Waals surface area (Å²) in [5.41, 5.74) is 2.50. The number of nitrogens with zero attached hydrogens (tertiary/aromatic N) is 3. The van der Waals surface area contributed by atoms with E-state index in [1.165, 1.54) is 10.6 Å². The van der Waals surface area contributed by atoms with Crippen LogP contribution in [0, 0.1) is 0 Å². The first-order chi connectivity index (χ1) is 11.3. The molecule has 5 nitrogen and oxygen atoms in total. The average molecular weight is 302 g/mol. The Morgan fingerprint density at radius 2 is 1.61 bits per heavy atom. The summed E-state index contributed by atoms with van der Waals surface area (Å²) in [6.07, 6.45) is 0.629. The number of aromatic amines is 1. The van der Waals surface area contributed by atoms with E-state index in [-0.39, 0.29) is 5.56 Å². The number of H-pyrrole nitrogens is 1. The third kappa shape index (κ3) is 2.64. The van der Waals surface area contributed by atoms with E-state index in [0.29, 0.717) is 23.7 Å². The van der Waals surface area contributed by atoms with Gasteiger partial charge >= 0.3 is 0 Å². The largest absolute Gasteiger partial charge is 0.275 e. The van der Waals surface area contributed by atoms with Gasteiger partial charge in [0.2, 0.25) is 0 Å². The molecular formula is C18H14N4O. The lowest BCUT2D eigenvalue weighted by Crippen LogP contribution is -2.14. The van der Waals surface area contributed by atoms with Crippen LogP contribution < -0.4 is 5.56 Å². The highest BCUT2D eigenvalue weighted by atomic mass is 16.1. The molecule has 0 radical (unpaired) electrons. The summed E-state index contributed by atoms with van der Waals surface area (Å²) in [6, 6.07) is 21.1. The predicted molar refractivity (Wildman–Crippen MR) is 88.3 cm³/mol. The third-order valence-corrected chi connectivity index (χ3v) is 3.66. The summed E-state index contributed by atoms with van der Waals surface area (Å²) < 4.78 is 1.38. The van der Waals surface area contributed by atoms with Gasteiger partial charge in [-0.1, -0.05) is 60.7 Å². The molecule has 1 N–H and O–H groups in total. The van der Waals surface area contributed by atoms with E-state index in [1.54, 1.807) is 0 Å². The number of fused-ring (bicyclic) bond motifs is 1. The maximum atomic E-state index is 12.3. The van der Waals surface area contributed by atoms with Crippen molar-refractivity contribution in [1.82, 2.24) is 19.6 Å². The van der Waals surface area contributed by atoms with Gasteiger partial charge in [0.1, 0.15) is 5.82 Å². The van der Waals surface area contributed by atoms with Gasteiger partial charge in [-0.3, -0.25) is 9.89 Å². The topological polar surface area (TPSA) is 63.0 Å². The molecule has 0 aliphatic carbocycles. The van der Waals surface area contributed by atoms with Gasteiger partial charge < -0.3 is 0 Å². The highest BCUT2D eigenvalue weighted by Crippen LogP contribution is 2.15. The standard InChI is InChI=1S/C18H14N4O/c23-17-12-15(14-9-5-2-6-10-14)19-18-20-16(21-22(17)18)11-13-7-3-1-4-8-13/h1-10,12H,11H2,(H,19,20,21). The molecule has 0 aliphatic rings. The van der Waals surface area contributed by atoms with Gasteiger partial charge in [0.05, 0.1) is 5.69 Å². The van der Waals surface area contributed by atoms with Gasteiger partial charge in [-0.25, -0.2) is 4.98 Å². The zero-order chi connectivity index (χ0) is 15.6. The minimum Gasteiger partial charge on any atom is -0.275 e. The number of hydrogen-bond donors (Lipinski definition) is 1. The van der Waals surface area contributed by atoms with Crippen LogP contribution in [0.3, 0.4) is 0 Å². The van der Waals surface area contributed by atoms with E-state index in [1.807, 2.05) is 60.7 Å². The zero-order valence-electron chi connectivity index (χ0n) is 12.3. The monoisotopic (exact) mass is 302 g/mol. The van der Waals surface area contributed by atoms with Crippen LogP contribution in [0.25, 0.3) is 17.0 Å². The summed E-state index contributed by atoms with van der Waals surface area (Å²) in [6.45, 7) is 0. The molecule has 0 bridgehead atoms. The molecule has 23 heavy (non-hydrogen) atoms. The van der Waals surface area contributed by atoms with Gasteiger partial charge in [0, 0.05) is 18.1 Å². The fourth-order valence-electron chi connectivity index (χ4n) is 2.55. The lowest BCUT2D eigenvalue weighted by Gasteiger charge is -1.99. The summed E-state index contributed by atoms with van der Waals surface area (Å²) >= 11 is 0. The Bertz CT molecular complexity index is 1000. The molecule has 0 unspecified atom stereocenters. The van der Waals surface area contributed by atoms with Crippen molar-refractivity contribution in [3.63, 3.8) is 0 Å². The summed E-state index contributed by atoms with van der Waals surface area (Å²) in [4.78, 5) is 21.2. The fourth-order valence-corrected chi connectivity index (χ4v) is 2.55. The number of aromatic nitrogens is 4. The number of rotatable bonds is 3. The van der Waals surface area contributed by atoms with Crippen LogP contribution >= 0.6 is 0 Å². The molecule has 2 heterocycles. The molecule has 0 spiro atoms. The van der Waals surface area contributed by atoms with Crippen molar-refractivity contribution in [2.75, 3.05) is 0 Å². The molecule has 4 rings (SSSR count). The van der Waals surface area contributed by atoms with Crippen LogP contribution in [0.2, 0.25) is 0 Å². The Hall–Kier alpha value is -3.21. The van der Waals surface area contributed by atoms with E-state index in [9.17, 15) is 4.79 Å². The van der Waals surface area contributed by atoms with Crippen LogP contribution in [0.15, 0.2) is 71.5 Å². The van der Waals surface area contributed by atoms with E-state index in [4.69, 9.17) is 0 Å². The van der Waals surface area contributed by atoms with Crippen molar-refractivity contribution >= 4 is 5.78 Å². The Labute approximate surface area is 132 Å². The van der Waals surface area contributed by atoms with Crippen LogP contribution in [-0.4, -0.2) is 19.6 Å². The molecular weight excluding hydrogens is 288 g/mol. The van der Waals surface area contributed by atoms with Crippen molar-refractivity contribution in [2.24, 2.45) is 0 Å². The average Bonchev–Trinajstić information content (AvgIpc) is 2.99. The van der Waals surface area contributed by atoms with Gasteiger partial charge in [0.25, 0.3) is 11.3 Å². The van der Waals surface area contributed by atoms with Crippen molar-refractivity contribution in [3.05, 3.63) is 88.5 Å². The first-order valence-corrected chi connectivity index (χ1v) is 7.38. The normalized spacial score (nSPS) is 11.0. The highest BCUT2D eigenvalue weighted by Gasteiger charge is 2.09. The van der Waals surface area contributed by atoms with Crippen LogP contribution in [0.4, 0.5) is 0 Å². The van der Waals surface area contributed by atoms with Crippen molar-refractivity contribution in [3.8, 4) is 11.3 Å². The molecule has 0 amide bonds. The minimum atomic E-state index is -0.166. The smallest absolute Gasteiger partial charge is 0.274 e. The summed E-state index contributed by atoms with van der Waals surface area (Å²) in [5, 5.41) is 3.02. The number of nitrogens with one attached hydrogen (secondary N) is 1. The van der Waals surface area contributed by atoms with Gasteiger partial charge in [-0.2, -0.15) is 9.50 Å². The Balaban J connectivity index is 1.77. The van der Waals surface area contributed by atoms with E-state index in [0.717, 1.165) is 11.1 Å². The number of benzene rings is 2.